The average Bonchev–Trinajstić information content (AvgIpc) is 2.29. The van der Waals surface area contributed by atoms with E-state index in [4.69, 9.17) is 11.5 Å². The smallest absolute Gasteiger partial charge is 0.0962 e. The molecule has 0 saturated carbocycles. The van der Waals surface area contributed by atoms with E-state index in [1.54, 1.807) is 24.3 Å². The number of nitrogens with one attached hydrogen (secondary N) is 1. The van der Waals surface area contributed by atoms with E-state index in [2.05, 4.69) is 11.9 Å². The number of allylic oxidation sites excluding steroid dienone is 8. The zero-order valence-electron chi connectivity index (χ0n) is 9.34. The molecule has 0 spiro atoms. The molecule has 3 nitrogen and oxygen atoms in total. The number of hydrogen-bond acceptors (Lipinski definition) is 3. The molecular weight excluding hydrogens is 198 g/mol. The Morgan fingerprint density at radius 1 is 1.06 bits per heavy atom. The molecule has 0 radical (unpaired) electrons. The highest BCUT2D eigenvalue weighted by molar-refractivity contribution is 5.14. The number of hydrogen-bond donors (Lipinski definition) is 3. The SMILES string of the molecule is C=C/C=C\C=C/CN/C(N)=C/C=C/C=C\N. The summed E-state index contributed by atoms with van der Waals surface area (Å²) in [5.41, 5.74) is 10.8. The number of nitrogens with two attached hydrogens (primary N) is 2. The Morgan fingerprint density at radius 3 is 2.50 bits per heavy atom. The molecule has 0 bridgehead atoms. The Balaban J connectivity index is 3.79. The van der Waals surface area contributed by atoms with Crippen LogP contribution in [-0.4, -0.2) is 6.54 Å². The van der Waals surface area contributed by atoms with Gasteiger partial charge in [-0.05, 0) is 18.4 Å². The van der Waals surface area contributed by atoms with Crippen molar-refractivity contribution in [3.63, 3.8) is 0 Å². The van der Waals surface area contributed by atoms with Gasteiger partial charge in [0, 0.05) is 6.54 Å². The van der Waals surface area contributed by atoms with Gasteiger partial charge in [0.25, 0.3) is 0 Å². The second kappa shape index (κ2) is 10.9. The van der Waals surface area contributed by atoms with Gasteiger partial charge in [-0.2, -0.15) is 0 Å². The van der Waals surface area contributed by atoms with Crippen LogP contribution in [0.3, 0.4) is 0 Å². The van der Waals surface area contributed by atoms with Crippen LogP contribution in [0, 0.1) is 0 Å². The molecule has 5 N–H and O–H groups in total. The Morgan fingerprint density at radius 2 is 1.81 bits per heavy atom. The first-order valence-electron chi connectivity index (χ1n) is 5.00. The van der Waals surface area contributed by atoms with Crippen molar-refractivity contribution in [2.24, 2.45) is 11.5 Å². The molecule has 0 aromatic carbocycles. The first-order chi connectivity index (χ1) is 7.81. The lowest BCUT2D eigenvalue weighted by Gasteiger charge is -2.00. The zero-order chi connectivity index (χ0) is 12.1. The van der Waals surface area contributed by atoms with Crippen molar-refractivity contribution in [1.82, 2.24) is 5.32 Å². The van der Waals surface area contributed by atoms with Crippen molar-refractivity contribution in [2.45, 2.75) is 0 Å². The molecule has 16 heavy (non-hydrogen) atoms. The van der Waals surface area contributed by atoms with E-state index in [0.29, 0.717) is 12.4 Å². The highest BCUT2D eigenvalue weighted by Crippen LogP contribution is 1.83. The van der Waals surface area contributed by atoms with Gasteiger partial charge < -0.3 is 16.8 Å². The first-order valence-corrected chi connectivity index (χ1v) is 5.00. The Labute approximate surface area is 97.2 Å². The Kier molecular flexibility index (Phi) is 9.44. The number of rotatable bonds is 7. The van der Waals surface area contributed by atoms with Crippen LogP contribution in [0.15, 0.2) is 73.3 Å². The average molecular weight is 217 g/mol. The summed E-state index contributed by atoms with van der Waals surface area (Å²) in [5, 5.41) is 3.02. The van der Waals surface area contributed by atoms with Gasteiger partial charge in [-0.3, -0.25) is 0 Å². The second-order valence-corrected chi connectivity index (χ2v) is 2.82. The van der Waals surface area contributed by atoms with Crippen molar-refractivity contribution < 1.29 is 0 Å². The summed E-state index contributed by atoms with van der Waals surface area (Å²) in [5.74, 6) is 0.610. The van der Waals surface area contributed by atoms with Gasteiger partial charge in [-0.25, -0.2) is 0 Å². The lowest BCUT2D eigenvalue weighted by Crippen LogP contribution is -2.19. The molecule has 3 heteroatoms. The summed E-state index contributed by atoms with van der Waals surface area (Å²) in [7, 11) is 0. The molecule has 86 valence electrons. The van der Waals surface area contributed by atoms with Gasteiger partial charge in [0.2, 0.25) is 0 Å². The van der Waals surface area contributed by atoms with Crippen molar-refractivity contribution in [3.05, 3.63) is 73.3 Å². The molecular formula is C13H19N3. The van der Waals surface area contributed by atoms with E-state index in [1.165, 1.54) is 6.20 Å². The third-order valence-corrected chi connectivity index (χ3v) is 1.53. The largest absolute Gasteiger partial charge is 0.405 e. The second-order valence-electron chi connectivity index (χ2n) is 2.82. The predicted octanol–water partition coefficient (Wildman–Crippen LogP) is 1.70. The maximum Gasteiger partial charge on any atom is 0.0962 e. The molecule has 0 aromatic rings. The summed E-state index contributed by atoms with van der Waals surface area (Å²) in [6.07, 6.45) is 17.9. The van der Waals surface area contributed by atoms with Gasteiger partial charge >= 0.3 is 0 Å². The van der Waals surface area contributed by atoms with Crippen molar-refractivity contribution in [1.29, 1.82) is 0 Å². The molecule has 0 amide bonds. The molecule has 0 fully saturated rings. The van der Waals surface area contributed by atoms with Crippen LogP contribution in [0.25, 0.3) is 0 Å². The highest BCUT2D eigenvalue weighted by atomic mass is 15.0. The van der Waals surface area contributed by atoms with Gasteiger partial charge in [-0.15, -0.1) is 0 Å². The third kappa shape index (κ3) is 9.92. The van der Waals surface area contributed by atoms with Gasteiger partial charge in [-0.1, -0.05) is 49.1 Å². The van der Waals surface area contributed by atoms with E-state index < -0.39 is 0 Å². The van der Waals surface area contributed by atoms with Gasteiger partial charge in [0.1, 0.15) is 0 Å². The van der Waals surface area contributed by atoms with Crippen LogP contribution in [-0.2, 0) is 0 Å². The van der Waals surface area contributed by atoms with E-state index in [0.717, 1.165) is 0 Å². The van der Waals surface area contributed by atoms with Gasteiger partial charge in [0.05, 0.1) is 5.82 Å². The van der Waals surface area contributed by atoms with Crippen molar-refractivity contribution in [3.8, 4) is 0 Å². The third-order valence-electron chi connectivity index (χ3n) is 1.53. The molecule has 0 unspecified atom stereocenters. The van der Waals surface area contributed by atoms with Crippen molar-refractivity contribution >= 4 is 0 Å². The summed E-state index contributed by atoms with van der Waals surface area (Å²) in [4.78, 5) is 0. The van der Waals surface area contributed by atoms with Crippen LogP contribution in [0.5, 0.6) is 0 Å². The summed E-state index contributed by atoms with van der Waals surface area (Å²) in [6, 6.07) is 0. The van der Waals surface area contributed by atoms with E-state index in [1.807, 2.05) is 30.4 Å². The molecule has 0 aromatic heterocycles. The fraction of sp³-hybridized carbons (Fsp3) is 0.0769. The maximum atomic E-state index is 5.67. The van der Waals surface area contributed by atoms with E-state index in [-0.39, 0.29) is 0 Å². The van der Waals surface area contributed by atoms with E-state index >= 15 is 0 Å². The monoisotopic (exact) mass is 217 g/mol. The summed E-state index contributed by atoms with van der Waals surface area (Å²) in [6.45, 7) is 4.25. The summed E-state index contributed by atoms with van der Waals surface area (Å²) < 4.78 is 0. The Bertz CT molecular complexity index is 320. The molecule has 0 saturated heterocycles. The van der Waals surface area contributed by atoms with Crippen LogP contribution in [0.2, 0.25) is 0 Å². The minimum Gasteiger partial charge on any atom is -0.405 e. The lowest BCUT2D eigenvalue weighted by atomic mass is 10.4. The molecule has 0 aliphatic carbocycles. The van der Waals surface area contributed by atoms with Crippen LogP contribution in [0.1, 0.15) is 0 Å². The summed E-state index contributed by atoms with van der Waals surface area (Å²) >= 11 is 0. The molecule has 0 aliphatic heterocycles. The fourth-order valence-electron chi connectivity index (χ4n) is 0.813. The lowest BCUT2D eigenvalue weighted by molar-refractivity contribution is 0.887. The first kappa shape index (κ1) is 13.8. The van der Waals surface area contributed by atoms with Crippen molar-refractivity contribution in [2.75, 3.05) is 6.54 Å². The van der Waals surface area contributed by atoms with Gasteiger partial charge in [0.15, 0.2) is 0 Å². The minimum absolute atomic E-state index is 0.610. The molecule has 0 rings (SSSR count). The molecule has 0 heterocycles. The van der Waals surface area contributed by atoms with Crippen LogP contribution >= 0.6 is 0 Å². The van der Waals surface area contributed by atoms with Crippen LogP contribution in [0.4, 0.5) is 0 Å². The minimum atomic E-state index is 0.610. The predicted molar refractivity (Wildman–Crippen MR) is 71.2 cm³/mol. The molecule has 0 aliphatic rings. The standard InChI is InChI=1S/C13H19N3/c1-2-3-4-5-9-12-16-13(15)10-7-6-8-11-14/h2-11,16H,1,12,14-15H2/b4-3-,7-6+,9-5-,11-8-,13-10+. The maximum absolute atomic E-state index is 5.67. The topological polar surface area (TPSA) is 64.1 Å². The fourth-order valence-corrected chi connectivity index (χ4v) is 0.813. The zero-order valence-corrected chi connectivity index (χ0v) is 9.34. The molecule has 0 atom stereocenters. The normalized spacial score (nSPS) is 13.4. The van der Waals surface area contributed by atoms with Crippen LogP contribution < -0.4 is 16.8 Å². The quantitative estimate of drug-likeness (QED) is 0.569. The Hall–Kier alpha value is -2.16. The highest BCUT2D eigenvalue weighted by Gasteiger charge is 1.81. The van der Waals surface area contributed by atoms with E-state index in [9.17, 15) is 0 Å².